The minimum absolute atomic E-state index is 0.0779. The zero-order valence-corrected chi connectivity index (χ0v) is 12.5. The van der Waals surface area contributed by atoms with Crippen LogP contribution in [0.5, 0.6) is 0 Å². The number of amides is 1. The fourth-order valence-electron chi connectivity index (χ4n) is 1.64. The predicted molar refractivity (Wildman–Crippen MR) is 74.8 cm³/mol. The van der Waals surface area contributed by atoms with E-state index in [0.29, 0.717) is 10.6 Å². The molecular weight excluding hydrogens is 300 g/mol. The number of nitrogens with two attached hydrogens (primary N) is 1. The second-order valence-corrected chi connectivity index (χ2v) is 7.19. The first-order chi connectivity index (χ1) is 9.29. The van der Waals surface area contributed by atoms with E-state index < -0.39 is 10.0 Å². The van der Waals surface area contributed by atoms with Crippen molar-refractivity contribution in [3.8, 4) is 0 Å². The molecule has 108 valence electrons. The van der Waals surface area contributed by atoms with E-state index in [1.54, 1.807) is 24.6 Å². The first-order valence-electron chi connectivity index (χ1n) is 5.69. The van der Waals surface area contributed by atoms with Crippen LogP contribution in [-0.2, 0) is 17.1 Å². The number of hydrogen-bond acceptors (Lipinski definition) is 5. The zero-order chi connectivity index (χ0) is 14.9. The highest BCUT2D eigenvalue weighted by molar-refractivity contribution is 7.91. The SMILES string of the molecule is CC(NC(=O)c1cncn1C)c1ccc(S(N)(=O)=O)s1. The second kappa shape index (κ2) is 5.35. The molecule has 1 atom stereocenters. The molecule has 0 radical (unpaired) electrons. The zero-order valence-electron chi connectivity index (χ0n) is 10.9. The maximum Gasteiger partial charge on any atom is 0.270 e. The lowest BCUT2D eigenvalue weighted by molar-refractivity contribution is 0.0932. The molecule has 0 aromatic carbocycles. The van der Waals surface area contributed by atoms with Crippen molar-refractivity contribution in [3.63, 3.8) is 0 Å². The monoisotopic (exact) mass is 314 g/mol. The number of imidazole rings is 1. The summed E-state index contributed by atoms with van der Waals surface area (Å²) in [5.41, 5.74) is 0.431. The summed E-state index contributed by atoms with van der Waals surface area (Å²) in [6.45, 7) is 1.77. The highest BCUT2D eigenvalue weighted by Crippen LogP contribution is 2.25. The predicted octanol–water partition coefficient (Wildman–Crippen LogP) is 0.620. The first kappa shape index (κ1) is 14.7. The number of nitrogens with zero attached hydrogens (tertiary/aromatic N) is 2. The highest BCUT2D eigenvalue weighted by atomic mass is 32.2. The van der Waals surface area contributed by atoms with Gasteiger partial charge in [-0.25, -0.2) is 18.5 Å². The van der Waals surface area contributed by atoms with Gasteiger partial charge in [-0.1, -0.05) is 0 Å². The molecule has 0 aliphatic rings. The molecule has 0 aliphatic heterocycles. The van der Waals surface area contributed by atoms with E-state index >= 15 is 0 Å². The average Bonchev–Trinajstić information content (AvgIpc) is 2.95. The van der Waals surface area contributed by atoms with Gasteiger partial charge >= 0.3 is 0 Å². The van der Waals surface area contributed by atoms with Crippen LogP contribution in [-0.4, -0.2) is 23.9 Å². The lowest BCUT2D eigenvalue weighted by atomic mass is 10.2. The van der Waals surface area contributed by atoms with Gasteiger partial charge < -0.3 is 9.88 Å². The van der Waals surface area contributed by atoms with Crippen molar-refractivity contribution in [2.45, 2.75) is 17.2 Å². The van der Waals surface area contributed by atoms with Crippen LogP contribution in [0.1, 0.15) is 28.3 Å². The summed E-state index contributed by atoms with van der Waals surface area (Å²) in [7, 11) is -1.98. The number of rotatable bonds is 4. The average molecular weight is 314 g/mol. The third-order valence-electron chi connectivity index (χ3n) is 2.71. The van der Waals surface area contributed by atoms with Crippen LogP contribution >= 0.6 is 11.3 Å². The summed E-state index contributed by atoms with van der Waals surface area (Å²) in [4.78, 5) is 16.6. The van der Waals surface area contributed by atoms with Crippen molar-refractivity contribution < 1.29 is 13.2 Å². The number of aromatic nitrogens is 2. The smallest absolute Gasteiger partial charge is 0.270 e. The number of sulfonamides is 1. The van der Waals surface area contributed by atoms with E-state index in [0.717, 1.165) is 11.3 Å². The van der Waals surface area contributed by atoms with E-state index in [1.165, 1.54) is 18.6 Å². The van der Waals surface area contributed by atoms with Crippen molar-refractivity contribution >= 4 is 27.3 Å². The van der Waals surface area contributed by atoms with Crippen LogP contribution in [0.2, 0.25) is 0 Å². The summed E-state index contributed by atoms with van der Waals surface area (Å²) in [6, 6.07) is 2.75. The van der Waals surface area contributed by atoms with Gasteiger partial charge in [0.1, 0.15) is 9.90 Å². The number of carbonyl (C=O) groups is 1. The molecule has 2 rings (SSSR count). The third kappa shape index (κ3) is 3.06. The largest absolute Gasteiger partial charge is 0.343 e. The summed E-state index contributed by atoms with van der Waals surface area (Å²) in [5, 5.41) is 7.83. The maximum absolute atomic E-state index is 12.0. The standard InChI is InChI=1S/C11H14N4O3S2/c1-7(9-3-4-10(19-9)20(12,17)18)14-11(16)8-5-13-6-15(8)2/h3-7H,1-2H3,(H,14,16)(H2,12,17,18). The van der Waals surface area contributed by atoms with Crippen molar-refractivity contribution in [3.05, 3.63) is 35.2 Å². The number of carbonyl (C=O) groups excluding carboxylic acids is 1. The Bertz CT molecular complexity index is 732. The number of nitrogens with one attached hydrogen (secondary N) is 1. The van der Waals surface area contributed by atoms with Gasteiger partial charge in [0, 0.05) is 11.9 Å². The molecule has 20 heavy (non-hydrogen) atoms. The van der Waals surface area contributed by atoms with Gasteiger partial charge in [0.05, 0.1) is 18.6 Å². The Morgan fingerprint density at radius 3 is 2.70 bits per heavy atom. The molecule has 9 heteroatoms. The van der Waals surface area contributed by atoms with Crippen LogP contribution in [0, 0.1) is 0 Å². The van der Waals surface area contributed by atoms with Gasteiger partial charge in [-0.2, -0.15) is 0 Å². The van der Waals surface area contributed by atoms with Crippen molar-refractivity contribution in [2.24, 2.45) is 12.2 Å². The van der Waals surface area contributed by atoms with E-state index in [4.69, 9.17) is 5.14 Å². The number of thiophene rings is 1. The van der Waals surface area contributed by atoms with Gasteiger partial charge in [-0.3, -0.25) is 4.79 Å². The lowest BCUT2D eigenvalue weighted by Crippen LogP contribution is -2.27. The molecule has 2 aromatic rings. The van der Waals surface area contributed by atoms with Crippen molar-refractivity contribution in [2.75, 3.05) is 0 Å². The molecule has 2 heterocycles. The fourth-order valence-corrected chi connectivity index (χ4v) is 3.39. The normalized spacial score (nSPS) is 13.2. The van der Waals surface area contributed by atoms with Crippen LogP contribution in [0.3, 0.4) is 0 Å². The molecule has 0 saturated carbocycles. The van der Waals surface area contributed by atoms with Gasteiger partial charge in [-0.15, -0.1) is 11.3 Å². The van der Waals surface area contributed by atoms with Gasteiger partial charge in [0.15, 0.2) is 0 Å². The molecule has 1 unspecified atom stereocenters. The molecule has 0 saturated heterocycles. The Hall–Kier alpha value is -1.71. The van der Waals surface area contributed by atoms with Crippen LogP contribution in [0.15, 0.2) is 28.9 Å². The molecule has 0 spiro atoms. The quantitative estimate of drug-likeness (QED) is 0.862. The topological polar surface area (TPSA) is 107 Å². The van der Waals surface area contributed by atoms with Crippen LogP contribution in [0.25, 0.3) is 0 Å². The Morgan fingerprint density at radius 2 is 2.20 bits per heavy atom. The Labute approximate surface area is 120 Å². The first-order valence-corrected chi connectivity index (χ1v) is 8.05. The minimum Gasteiger partial charge on any atom is -0.343 e. The lowest BCUT2D eigenvalue weighted by Gasteiger charge is -2.12. The second-order valence-electron chi connectivity index (χ2n) is 4.29. The molecule has 3 N–H and O–H groups in total. The third-order valence-corrected chi connectivity index (χ3v) is 5.41. The van der Waals surface area contributed by atoms with Gasteiger partial charge in [-0.05, 0) is 19.1 Å². The Morgan fingerprint density at radius 1 is 1.50 bits per heavy atom. The summed E-state index contributed by atoms with van der Waals surface area (Å²) < 4.78 is 24.1. The van der Waals surface area contributed by atoms with E-state index in [1.807, 2.05) is 0 Å². The van der Waals surface area contributed by atoms with Gasteiger partial charge in [0.25, 0.3) is 5.91 Å². The molecule has 0 aliphatic carbocycles. The van der Waals surface area contributed by atoms with E-state index in [9.17, 15) is 13.2 Å². The highest BCUT2D eigenvalue weighted by Gasteiger charge is 2.18. The molecule has 0 bridgehead atoms. The fraction of sp³-hybridized carbons (Fsp3) is 0.273. The number of primary sulfonamides is 1. The number of hydrogen-bond donors (Lipinski definition) is 2. The summed E-state index contributed by atoms with van der Waals surface area (Å²) >= 11 is 1.04. The summed E-state index contributed by atoms with van der Waals surface area (Å²) in [6.07, 6.45) is 3.00. The number of aryl methyl sites for hydroxylation is 1. The van der Waals surface area contributed by atoms with E-state index in [-0.39, 0.29) is 16.2 Å². The van der Waals surface area contributed by atoms with Crippen LogP contribution in [0.4, 0.5) is 0 Å². The molecule has 2 aromatic heterocycles. The maximum atomic E-state index is 12.0. The van der Waals surface area contributed by atoms with E-state index in [2.05, 4.69) is 10.3 Å². The molecule has 7 nitrogen and oxygen atoms in total. The minimum atomic E-state index is -3.70. The summed E-state index contributed by atoms with van der Waals surface area (Å²) in [5.74, 6) is -0.275. The molecule has 1 amide bonds. The molecular formula is C11H14N4O3S2. The Kier molecular flexibility index (Phi) is 3.93. The Balaban J connectivity index is 2.13. The molecule has 0 fully saturated rings. The van der Waals surface area contributed by atoms with Gasteiger partial charge in [0.2, 0.25) is 10.0 Å². The van der Waals surface area contributed by atoms with Crippen molar-refractivity contribution in [1.82, 2.24) is 14.9 Å². The van der Waals surface area contributed by atoms with Crippen molar-refractivity contribution in [1.29, 1.82) is 0 Å². The van der Waals surface area contributed by atoms with Crippen LogP contribution < -0.4 is 10.5 Å².